The average molecular weight is 295 g/mol. The van der Waals surface area contributed by atoms with Crippen LogP contribution in [-0.2, 0) is 19.7 Å². The van der Waals surface area contributed by atoms with Crippen LogP contribution in [0.1, 0.15) is 25.2 Å². The highest BCUT2D eigenvalue weighted by molar-refractivity contribution is 6.30. The van der Waals surface area contributed by atoms with Crippen molar-refractivity contribution in [2.45, 2.75) is 33.5 Å². The molecular weight excluding hydrogens is 276 g/mol. The van der Waals surface area contributed by atoms with Crippen LogP contribution in [0.2, 0.25) is 5.02 Å². The Hall–Kier alpha value is -1.59. The van der Waals surface area contributed by atoms with E-state index in [2.05, 4.69) is 24.2 Å². The van der Waals surface area contributed by atoms with E-state index < -0.39 is 0 Å². The van der Waals surface area contributed by atoms with Gasteiger partial charge >= 0.3 is 0 Å². The monoisotopic (exact) mass is 294 g/mol. The van der Waals surface area contributed by atoms with E-state index in [1.165, 1.54) is 0 Å². The molecule has 0 atom stereocenters. The van der Waals surface area contributed by atoms with E-state index in [0.29, 0.717) is 24.1 Å². The van der Waals surface area contributed by atoms with Crippen LogP contribution in [0.3, 0.4) is 0 Å². The van der Waals surface area contributed by atoms with E-state index >= 15 is 0 Å². The van der Waals surface area contributed by atoms with Gasteiger partial charge in [-0.25, -0.2) is 4.68 Å². The van der Waals surface area contributed by atoms with Crippen LogP contribution in [0.4, 0.5) is 0 Å². The Kier molecular flexibility index (Phi) is 4.98. The van der Waals surface area contributed by atoms with Gasteiger partial charge in [0.15, 0.2) is 0 Å². The fourth-order valence-corrected chi connectivity index (χ4v) is 1.99. The van der Waals surface area contributed by atoms with Crippen LogP contribution in [0.5, 0.6) is 5.75 Å². The molecule has 0 aliphatic carbocycles. The van der Waals surface area contributed by atoms with Gasteiger partial charge in [-0.3, -0.25) is 0 Å². The lowest BCUT2D eigenvalue weighted by Crippen LogP contribution is -2.13. The zero-order chi connectivity index (χ0) is 14.5. The number of hydrogen-bond acceptors (Lipinski definition) is 4. The molecule has 0 bridgehead atoms. The third kappa shape index (κ3) is 3.71. The lowest BCUT2D eigenvalue weighted by molar-refractivity contribution is 0.286. The second-order valence-corrected chi connectivity index (χ2v) is 5.44. The van der Waals surface area contributed by atoms with Crippen LogP contribution in [-0.4, -0.2) is 15.0 Å². The molecule has 0 saturated carbocycles. The SMILES string of the molecule is CC(C)Cn1nnc(CN)c1COc1ccc(Cl)cc1. The number of aromatic nitrogens is 3. The van der Waals surface area contributed by atoms with Gasteiger partial charge in [0.2, 0.25) is 0 Å². The summed E-state index contributed by atoms with van der Waals surface area (Å²) in [6.07, 6.45) is 0. The predicted molar refractivity (Wildman–Crippen MR) is 78.5 cm³/mol. The molecule has 5 nitrogen and oxygen atoms in total. The summed E-state index contributed by atoms with van der Waals surface area (Å²) < 4.78 is 7.62. The predicted octanol–water partition coefficient (Wildman–Crippen LogP) is 2.63. The summed E-state index contributed by atoms with van der Waals surface area (Å²) in [6, 6.07) is 7.26. The number of nitrogens with two attached hydrogens (primary N) is 1. The average Bonchev–Trinajstić information content (AvgIpc) is 2.79. The Labute approximate surface area is 123 Å². The second-order valence-electron chi connectivity index (χ2n) is 5.01. The van der Waals surface area contributed by atoms with Crippen LogP contribution in [0.15, 0.2) is 24.3 Å². The maximum absolute atomic E-state index is 5.85. The molecule has 0 aliphatic rings. The van der Waals surface area contributed by atoms with Crippen molar-refractivity contribution >= 4 is 11.6 Å². The first kappa shape index (κ1) is 14.8. The van der Waals surface area contributed by atoms with Crippen molar-refractivity contribution in [3.05, 3.63) is 40.7 Å². The van der Waals surface area contributed by atoms with Crippen molar-refractivity contribution < 1.29 is 4.74 Å². The third-order valence-electron chi connectivity index (χ3n) is 2.84. The van der Waals surface area contributed by atoms with E-state index in [9.17, 15) is 0 Å². The number of ether oxygens (including phenoxy) is 1. The maximum Gasteiger partial charge on any atom is 0.132 e. The number of benzene rings is 1. The van der Waals surface area contributed by atoms with Gasteiger partial charge in [0.25, 0.3) is 0 Å². The zero-order valence-electron chi connectivity index (χ0n) is 11.7. The molecular formula is C14H19ClN4O. The zero-order valence-corrected chi connectivity index (χ0v) is 12.5. The molecule has 0 fully saturated rings. The van der Waals surface area contributed by atoms with E-state index in [1.54, 1.807) is 12.1 Å². The van der Waals surface area contributed by atoms with Gasteiger partial charge in [-0.2, -0.15) is 0 Å². The number of nitrogens with zero attached hydrogens (tertiary/aromatic N) is 3. The molecule has 2 N–H and O–H groups in total. The molecule has 0 amide bonds. The third-order valence-corrected chi connectivity index (χ3v) is 3.09. The van der Waals surface area contributed by atoms with Crippen molar-refractivity contribution in [3.63, 3.8) is 0 Å². The van der Waals surface area contributed by atoms with Crippen molar-refractivity contribution in [2.24, 2.45) is 11.7 Å². The Morgan fingerprint density at radius 2 is 2.00 bits per heavy atom. The first-order valence-electron chi connectivity index (χ1n) is 6.59. The smallest absolute Gasteiger partial charge is 0.132 e. The van der Waals surface area contributed by atoms with Gasteiger partial charge in [-0.1, -0.05) is 30.7 Å². The molecule has 1 aromatic carbocycles. The minimum absolute atomic E-state index is 0.359. The topological polar surface area (TPSA) is 66.0 Å². The quantitative estimate of drug-likeness (QED) is 0.889. The van der Waals surface area contributed by atoms with E-state index in [1.807, 2.05) is 16.8 Å². The number of rotatable bonds is 6. The molecule has 0 aliphatic heterocycles. The molecule has 1 heterocycles. The Morgan fingerprint density at radius 1 is 1.30 bits per heavy atom. The largest absolute Gasteiger partial charge is 0.487 e. The first-order chi connectivity index (χ1) is 9.60. The van der Waals surface area contributed by atoms with Crippen LogP contribution in [0.25, 0.3) is 0 Å². The van der Waals surface area contributed by atoms with Gasteiger partial charge in [-0.05, 0) is 30.2 Å². The number of hydrogen-bond donors (Lipinski definition) is 1. The first-order valence-corrected chi connectivity index (χ1v) is 6.97. The van der Waals surface area contributed by atoms with Gasteiger partial charge in [0.1, 0.15) is 23.7 Å². The van der Waals surface area contributed by atoms with Crippen molar-refractivity contribution in [2.75, 3.05) is 0 Å². The highest BCUT2D eigenvalue weighted by Crippen LogP contribution is 2.18. The minimum atomic E-state index is 0.359. The molecule has 2 aromatic rings. The second kappa shape index (κ2) is 6.72. The number of halogens is 1. The van der Waals surface area contributed by atoms with Crippen molar-refractivity contribution in [3.8, 4) is 5.75 Å². The van der Waals surface area contributed by atoms with Crippen molar-refractivity contribution in [1.29, 1.82) is 0 Å². The lowest BCUT2D eigenvalue weighted by atomic mass is 10.2. The van der Waals surface area contributed by atoms with Crippen molar-refractivity contribution in [1.82, 2.24) is 15.0 Å². The van der Waals surface area contributed by atoms with Gasteiger partial charge in [0, 0.05) is 18.1 Å². The molecule has 20 heavy (non-hydrogen) atoms. The summed E-state index contributed by atoms with van der Waals surface area (Å²) in [5, 5.41) is 8.93. The normalized spacial score (nSPS) is 11.1. The highest BCUT2D eigenvalue weighted by atomic mass is 35.5. The molecule has 108 valence electrons. The van der Waals surface area contributed by atoms with E-state index in [-0.39, 0.29) is 0 Å². The highest BCUT2D eigenvalue weighted by Gasteiger charge is 2.13. The molecule has 6 heteroatoms. The Morgan fingerprint density at radius 3 is 2.60 bits per heavy atom. The molecule has 0 spiro atoms. The summed E-state index contributed by atoms with van der Waals surface area (Å²) in [5.41, 5.74) is 7.40. The summed E-state index contributed by atoms with van der Waals surface area (Å²) in [7, 11) is 0. The molecule has 0 radical (unpaired) electrons. The molecule has 0 unspecified atom stereocenters. The summed E-state index contributed by atoms with van der Waals surface area (Å²) in [5.74, 6) is 1.24. The lowest BCUT2D eigenvalue weighted by Gasteiger charge is -2.11. The van der Waals surface area contributed by atoms with E-state index in [0.717, 1.165) is 23.7 Å². The van der Waals surface area contributed by atoms with E-state index in [4.69, 9.17) is 22.1 Å². The fourth-order valence-electron chi connectivity index (χ4n) is 1.86. The summed E-state index contributed by atoms with van der Waals surface area (Å²) >= 11 is 5.85. The Balaban J connectivity index is 2.10. The van der Waals surface area contributed by atoms with Crippen LogP contribution < -0.4 is 10.5 Å². The summed E-state index contributed by atoms with van der Waals surface area (Å²) in [6.45, 7) is 5.82. The fraction of sp³-hybridized carbons (Fsp3) is 0.429. The van der Waals surface area contributed by atoms with Gasteiger partial charge < -0.3 is 10.5 Å². The minimum Gasteiger partial charge on any atom is -0.487 e. The summed E-state index contributed by atoms with van der Waals surface area (Å²) in [4.78, 5) is 0. The molecule has 2 rings (SSSR count). The Bertz CT molecular complexity index is 551. The van der Waals surface area contributed by atoms with Crippen LogP contribution in [0, 0.1) is 5.92 Å². The maximum atomic E-state index is 5.85. The molecule has 0 saturated heterocycles. The standard InChI is InChI=1S/C14H19ClN4O/c1-10(2)8-19-14(13(7-16)17-18-19)9-20-12-5-3-11(15)4-6-12/h3-6,10H,7-9,16H2,1-2H3. The molecule has 1 aromatic heterocycles. The van der Waals surface area contributed by atoms with Crippen LogP contribution >= 0.6 is 11.6 Å². The van der Waals surface area contributed by atoms with Gasteiger partial charge in [0.05, 0.1) is 0 Å². The van der Waals surface area contributed by atoms with Gasteiger partial charge in [-0.15, -0.1) is 5.10 Å².